The first-order valence-corrected chi connectivity index (χ1v) is 28.0. The molecule has 0 radical (unpaired) electrons. The van der Waals surface area contributed by atoms with Gasteiger partial charge in [-0.15, -0.1) is 0 Å². The van der Waals surface area contributed by atoms with Crippen LogP contribution in [0.15, 0.2) is 0 Å². The van der Waals surface area contributed by atoms with Crippen molar-refractivity contribution in [2.75, 3.05) is 33.0 Å². The van der Waals surface area contributed by atoms with E-state index in [-0.39, 0.29) is 25.6 Å². The zero-order valence-electron chi connectivity index (χ0n) is 40.4. The summed E-state index contributed by atoms with van der Waals surface area (Å²) in [7, 11) is -4.51. The average molecular weight is 891 g/mol. The first-order valence-electron chi connectivity index (χ1n) is 26.5. The molecule has 9 nitrogen and oxygen atoms in total. The lowest BCUT2D eigenvalue weighted by molar-refractivity contribution is -0.154. The molecule has 1 unspecified atom stereocenters. The predicted molar refractivity (Wildman–Crippen MR) is 256 cm³/mol. The molecule has 3 N–H and O–H groups in total. The van der Waals surface area contributed by atoms with Gasteiger partial charge in [-0.05, 0) is 12.8 Å². The highest BCUT2D eigenvalue weighted by atomic mass is 31.2. The van der Waals surface area contributed by atoms with E-state index in [1.54, 1.807) is 0 Å². The summed E-state index contributed by atoms with van der Waals surface area (Å²) in [5.74, 6) is -0.373. The van der Waals surface area contributed by atoms with Crippen LogP contribution >= 0.6 is 7.82 Å². The highest BCUT2D eigenvalue weighted by molar-refractivity contribution is 7.47. The molecular formula is C51H103O9P. The summed E-state index contributed by atoms with van der Waals surface area (Å²) in [6, 6.07) is 0. The van der Waals surface area contributed by atoms with Crippen LogP contribution in [0.25, 0.3) is 0 Å². The van der Waals surface area contributed by atoms with E-state index < -0.39 is 33.2 Å². The van der Waals surface area contributed by atoms with Crippen molar-refractivity contribution in [1.29, 1.82) is 0 Å². The third-order valence-corrected chi connectivity index (χ3v) is 13.0. The summed E-state index contributed by atoms with van der Waals surface area (Å²) in [5, 5.41) is 18.4. The van der Waals surface area contributed by atoms with Crippen molar-refractivity contribution in [3.05, 3.63) is 0 Å². The molecule has 0 aromatic carbocycles. The molecule has 0 aromatic rings. The van der Waals surface area contributed by atoms with E-state index in [1.807, 2.05) is 0 Å². The van der Waals surface area contributed by atoms with Crippen molar-refractivity contribution in [3.8, 4) is 0 Å². The van der Waals surface area contributed by atoms with Crippen LogP contribution in [0.4, 0.5) is 0 Å². The number of unbranched alkanes of at least 4 members (excludes halogenated alkanes) is 38. The number of phosphoric acid groups is 1. The topological polar surface area (TPSA) is 132 Å². The highest BCUT2D eigenvalue weighted by Gasteiger charge is 2.26. The van der Waals surface area contributed by atoms with E-state index >= 15 is 0 Å². The van der Waals surface area contributed by atoms with E-state index in [4.69, 9.17) is 23.6 Å². The van der Waals surface area contributed by atoms with Crippen LogP contribution in [-0.2, 0) is 27.9 Å². The van der Waals surface area contributed by atoms with E-state index in [9.17, 15) is 19.4 Å². The Morgan fingerprint density at radius 2 is 0.738 bits per heavy atom. The van der Waals surface area contributed by atoms with Crippen molar-refractivity contribution in [1.82, 2.24) is 0 Å². The number of hydrogen-bond donors (Lipinski definition) is 3. The number of aliphatic hydroxyl groups excluding tert-OH is 2. The predicted octanol–water partition coefficient (Wildman–Crippen LogP) is 15.4. The minimum Gasteiger partial charge on any atom is -0.457 e. The number of aliphatic hydroxyl groups is 2. The molecule has 10 heteroatoms. The molecular weight excluding hydrogens is 788 g/mol. The summed E-state index contributed by atoms with van der Waals surface area (Å²) in [6.07, 6.45) is 50.9. The largest absolute Gasteiger partial charge is 0.472 e. The van der Waals surface area contributed by atoms with Crippen LogP contribution in [0.1, 0.15) is 277 Å². The molecule has 0 saturated heterocycles. The minimum atomic E-state index is -4.51. The van der Waals surface area contributed by atoms with Crippen LogP contribution in [0.2, 0.25) is 0 Å². The maximum Gasteiger partial charge on any atom is 0.472 e. The van der Waals surface area contributed by atoms with Crippen molar-refractivity contribution in [3.63, 3.8) is 0 Å². The fourth-order valence-corrected chi connectivity index (χ4v) is 8.80. The lowest BCUT2D eigenvalue weighted by atomic mass is 10.0. The number of hydrogen-bond acceptors (Lipinski definition) is 8. The van der Waals surface area contributed by atoms with Crippen molar-refractivity contribution >= 4 is 13.8 Å². The monoisotopic (exact) mass is 891 g/mol. The Balaban J connectivity index is 3.87. The van der Waals surface area contributed by atoms with Gasteiger partial charge in [0.1, 0.15) is 12.2 Å². The zero-order chi connectivity index (χ0) is 44.6. The van der Waals surface area contributed by atoms with Crippen LogP contribution in [0.5, 0.6) is 0 Å². The van der Waals surface area contributed by atoms with Gasteiger partial charge >= 0.3 is 13.8 Å². The number of phosphoric ester groups is 1. The van der Waals surface area contributed by atoms with Gasteiger partial charge < -0.3 is 24.6 Å². The molecule has 0 aliphatic rings. The van der Waals surface area contributed by atoms with Crippen LogP contribution in [-0.4, -0.2) is 66.3 Å². The van der Waals surface area contributed by atoms with Crippen molar-refractivity contribution in [2.45, 2.75) is 289 Å². The molecule has 61 heavy (non-hydrogen) atoms. The van der Waals surface area contributed by atoms with Gasteiger partial charge in [-0.25, -0.2) is 4.57 Å². The molecule has 0 bridgehead atoms. The summed E-state index contributed by atoms with van der Waals surface area (Å²) in [6.45, 7) is 3.59. The first kappa shape index (κ1) is 60.5. The Hall–Kier alpha value is -0.540. The third kappa shape index (κ3) is 48.7. The highest BCUT2D eigenvalue weighted by Crippen LogP contribution is 2.43. The lowest BCUT2D eigenvalue weighted by Crippen LogP contribution is -2.29. The zero-order valence-corrected chi connectivity index (χ0v) is 41.3. The fraction of sp³-hybridized carbons (Fsp3) is 0.980. The van der Waals surface area contributed by atoms with Crippen molar-refractivity contribution in [2.24, 2.45) is 0 Å². The molecule has 0 heterocycles. The van der Waals surface area contributed by atoms with Gasteiger partial charge in [-0.1, -0.05) is 258 Å². The second-order valence-electron chi connectivity index (χ2n) is 18.3. The van der Waals surface area contributed by atoms with Gasteiger partial charge in [0.2, 0.25) is 0 Å². The van der Waals surface area contributed by atoms with E-state index in [1.165, 1.54) is 225 Å². The Morgan fingerprint density at radius 3 is 1.07 bits per heavy atom. The number of carbonyl (C=O) groups is 1. The SMILES string of the molecule is CCCCCCCCCCCCCCCCCCCCCCCCCCCCCCC(=O)O[C@H](COCCCCCCCCCCCCCC)COP(=O)(O)OC[C@@H](O)CO. The Morgan fingerprint density at radius 1 is 0.443 bits per heavy atom. The molecule has 0 aromatic heterocycles. The van der Waals surface area contributed by atoms with Gasteiger partial charge in [0, 0.05) is 13.0 Å². The Labute approximate surface area is 378 Å². The van der Waals surface area contributed by atoms with Crippen LogP contribution < -0.4 is 0 Å². The number of rotatable bonds is 52. The smallest absolute Gasteiger partial charge is 0.457 e. The van der Waals surface area contributed by atoms with Gasteiger partial charge in [0.05, 0.1) is 26.4 Å². The second kappa shape index (κ2) is 48.9. The normalized spacial score (nSPS) is 13.7. The molecule has 0 aliphatic heterocycles. The summed E-state index contributed by atoms with van der Waals surface area (Å²) in [5.41, 5.74) is 0. The summed E-state index contributed by atoms with van der Waals surface area (Å²) >= 11 is 0. The Bertz CT molecular complexity index is 922. The van der Waals surface area contributed by atoms with Gasteiger partial charge in [-0.2, -0.15) is 0 Å². The summed E-state index contributed by atoms with van der Waals surface area (Å²) in [4.78, 5) is 22.7. The molecule has 0 rings (SSSR count). The third-order valence-electron chi connectivity index (χ3n) is 12.0. The molecule has 0 aliphatic carbocycles. The molecule has 0 fully saturated rings. The minimum absolute atomic E-state index is 0.0581. The number of carbonyl (C=O) groups excluding carboxylic acids is 1. The summed E-state index contributed by atoms with van der Waals surface area (Å²) < 4.78 is 33.5. The number of esters is 1. The fourth-order valence-electron chi connectivity index (χ4n) is 8.01. The molecule has 0 amide bonds. The quantitative estimate of drug-likeness (QED) is 0.0310. The van der Waals surface area contributed by atoms with Gasteiger partial charge in [-0.3, -0.25) is 13.8 Å². The maximum absolute atomic E-state index is 12.7. The number of ether oxygens (including phenoxy) is 2. The van der Waals surface area contributed by atoms with Gasteiger partial charge in [0.25, 0.3) is 0 Å². The standard InChI is InChI=1S/C51H103O9P/c1-3-5-7-9-11-13-15-17-18-19-20-21-22-23-24-25-26-27-28-29-30-31-32-33-35-37-39-41-43-51(54)60-50(48-59-61(55,56)58-46-49(53)45-52)47-57-44-42-40-38-36-34-16-14-12-10-8-6-4-2/h49-50,52-53H,3-48H2,1-2H3,(H,55,56)/t49-,50+/m0/s1. The first-order chi connectivity index (χ1) is 29.8. The molecule has 3 atom stereocenters. The lowest BCUT2D eigenvalue weighted by Gasteiger charge is -2.20. The molecule has 0 saturated carbocycles. The van der Waals surface area contributed by atoms with Crippen LogP contribution in [0.3, 0.4) is 0 Å². The van der Waals surface area contributed by atoms with Gasteiger partial charge in [0.15, 0.2) is 0 Å². The van der Waals surface area contributed by atoms with E-state index in [0.717, 1.165) is 32.1 Å². The maximum atomic E-state index is 12.7. The van der Waals surface area contributed by atoms with Crippen LogP contribution in [0, 0.1) is 0 Å². The average Bonchev–Trinajstić information content (AvgIpc) is 3.25. The molecule has 366 valence electrons. The Kier molecular flexibility index (Phi) is 48.5. The second-order valence-corrected chi connectivity index (χ2v) is 19.7. The van der Waals surface area contributed by atoms with Crippen molar-refractivity contribution < 1.29 is 43.0 Å². The molecule has 0 spiro atoms. The van der Waals surface area contributed by atoms with E-state index in [0.29, 0.717) is 6.61 Å². The van der Waals surface area contributed by atoms with E-state index in [2.05, 4.69) is 13.8 Å².